The fraction of sp³-hybridized carbons (Fsp3) is 0.500. The third-order valence-electron chi connectivity index (χ3n) is 0.366. The molecule has 0 nitrogen and oxygen atoms in total. The van der Waals surface area contributed by atoms with Crippen LogP contribution in [0.1, 0.15) is 6.42 Å². The molecule has 0 heterocycles. The van der Waals surface area contributed by atoms with Crippen molar-refractivity contribution in [2.45, 2.75) is 6.42 Å². The van der Waals surface area contributed by atoms with Crippen LogP contribution >= 0.6 is 38.5 Å². The Hall–Kier alpha value is 0.950. The van der Waals surface area contributed by atoms with Gasteiger partial charge in [-0.3, -0.25) is 0 Å². The van der Waals surface area contributed by atoms with Crippen molar-refractivity contribution in [2.75, 3.05) is 5.33 Å². The Balaban J connectivity index is 2.83. The Kier molecular flexibility index (Phi) is 4.77. The Morgan fingerprint density at radius 1 is 1.83 bits per heavy atom. The summed E-state index contributed by atoms with van der Waals surface area (Å²) in [6.07, 6.45) is 1.08. The Labute approximate surface area is 60.3 Å². The normalized spacial score (nSPS) is 8.33. The van der Waals surface area contributed by atoms with Crippen molar-refractivity contribution in [3.8, 4) is 0 Å². The van der Waals surface area contributed by atoms with Crippen molar-refractivity contribution in [3.63, 3.8) is 0 Å². The number of alkyl halides is 1. The molecular weight excluding hydrogens is 255 g/mol. The highest BCUT2D eigenvalue weighted by Crippen LogP contribution is 2.07. The van der Waals surface area contributed by atoms with Gasteiger partial charge in [0.25, 0.3) is 0 Å². The van der Waals surface area contributed by atoms with Crippen molar-refractivity contribution in [2.24, 2.45) is 0 Å². The minimum Gasteiger partial charge on any atom is -0.0924 e. The van der Waals surface area contributed by atoms with Crippen molar-refractivity contribution < 1.29 is 0 Å². The summed E-state index contributed by atoms with van der Waals surface area (Å²) in [5.74, 6) is 0. The molecule has 0 rings (SSSR count). The molecule has 0 aromatic heterocycles. The molecule has 0 amide bonds. The van der Waals surface area contributed by atoms with Gasteiger partial charge in [-0.1, -0.05) is 22.5 Å². The first-order valence-corrected chi connectivity index (χ1v) is 3.86. The second kappa shape index (κ2) is 4.12. The SMILES string of the molecule is C=C(I)CCBr. The maximum absolute atomic E-state index is 3.70. The summed E-state index contributed by atoms with van der Waals surface area (Å²) in [5, 5.41) is 1.04. The predicted molar refractivity (Wildman–Crippen MR) is 41.6 cm³/mol. The number of rotatable bonds is 2. The third-order valence-corrected chi connectivity index (χ3v) is 1.30. The molecular formula is C4H6BrI. The highest BCUT2D eigenvalue weighted by Gasteiger charge is 1.79. The molecule has 0 N–H and O–H groups in total. The van der Waals surface area contributed by atoms with Crippen LogP contribution < -0.4 is 0 Å². The van der Waals surface area contributed by atoms with Crippen LogP contribution in [-0.4, -0.2) is 5.33 Å². The summed E-state index contributed by atoms with van der Waals surface area (Å²) in [4.78, 5) is 0. The largest absolute Gasteiger partial charge is 0.0924 e. The maximum atomic E-state index is 3.70. The van der Waals surface area contributed by atoms with Crippen LogP contribution in [0, 0.1) is 0 Å². The van der Waals surface area contributed by atoms with E-state index in [0.717, 1.165) is 11.8 Å². The van der Waals surface area contributed by atoms with E-state index in [4.69, 9.17) is 0 Å². The van der Waals surface area contributed by atoms with E-state index in [1.807, 2.05) is 0 Å². The van der Waals surface area contributed by atoms with Gasteiger partial charge in [0.15, 0.2) is 0 Å². The van der Waals surface area contributed by atoms with E-state index < -0.39 is 0 Å². The highest BCUT2D eigenvalue weighted by atomic mass is 127. The number of hydrogen-bond acceptors (Lipinski definition) is 0. The molecule has 0 aromatic carbocycles. The molecule has 0 saturated heterocycles. The van der Waals surface area contributed by atoms with Crippen molar-refractivity contribution in [1.29, 1.82) is 0 Å². The maximum Gasteiger partial charge on any atom is 0.00760 e. The summed E-state index contributed by atoms with van der Waals surface area (Å²) in [5.41, 5.74) is 0. The average Bonchev–Trinajstić information content (AvgIpc) is 1.35. The second-order valence-corrected chi connectivity index (χ2v) is 3.27. The molecule has 0 saturated carbocycles. The molecule has 2 heteroatoms. The monoisotopic (exact) mass is 260 g/mol. The summed E-state index contributed by atoms with van der Waals surface area (Å²) in [6, 6.07) is 0. The van der Waals surface area contributed by atoms with Gasteiger partial charge < -0.3 is 0 Å². The van der Waals surface area contributed by atoms with Gasteiger partial charge in [0.1, 0.15) is 0 Å². The average molecular weight is 261 g/mol. The molecule has 6 heavy (non-hydrogen) atoms. The fourth-order valence-corrected chi connectivity index (χ4v) is 1.59. The predicted octanol–water partition coefficient (Wildman–Crippen LogP) is 2.72. The van der Waals surface area contributed by atoms with E-state index >= 15 is 0 Å². The molecule has 36 valence electrons. The Morgan fingerprint density at radius 2 is 2.33 bits per heavy atom. The van der Waals surface area contributed by atoms with Gasteiger partial charge in [-0.2, -0.15) is 0 Å². The minimum atomic E-state index is 1.04. The van der Waals surface area contributed by atoms with E-state index in [1.165, 1.54) is 3.58 Å². The molecule has 0 fully saturated rings. The lowest BCUT2D eigenvalue weighted by atomic mass is 10.5. The molecule has 0 atom stereocenters. The number of allylic oxidation sites excluding steroid dienone is 1. The van der Waals surface area contributed by atoms with Crippen LogP contribution in [0.3, 0.4) is 0 Å². The highest BCUT2D eigenvalue weighted by molar-refractivity contribution is 14.1. The lowest BCUT2D eigenvalue weighted by Crippen LogP contribution is -1.66. The van der Waals surface area contributed by atoms with Gasteiger partial charge in [0.2, 0.25) is 0 Å². The van der Waals surface area contributed by atoms with Crippen molar-refractivity contribution in [3.05, 3.63) is 10.2 Å². The van der Waals surface area contributed by atoms with E-state index in [1.54, 1.807) is 0 Å². The first-order chi connectivity index (χ1) is 2.77. The first-order valence-electron chi connectivity index (χ1n) is 1.66. The zero-order chi connectivity index (χ0) is 4.99. The standard InChI is InChI=1S/C4H6BrI/c1-4(6)2-3-5/h1-3H2. The van der Waals surface area contributed by atoms with Gasteiger partial charge in [-0.15, -0.1) is 0 Å². The summed E-state index contributed by atoms with van der Waals surface area (Å²) in [6.45, 7) is 3.70. The topological polar surface area (TPSA) is 0 Å². The first kappa shape index (κ1) is 6.95. The van der Waals surface area contributed by atoms with Gasteiger partial charge in [0, 0.05) is 5.33 Å². The number of halogens is 2. The van der Waals surface area contributed by atoms with E-state index in [0.29, 0.717) is 0 Å². The van der Waals surface area contributed by atoms with Gasteiger partial charge in [-0.05, 0) is 32.6 Å². The Morgan fingerprint density at radius 3 is 2.33 bits per heavy atom. The molecule has 0 aliphatic rings. The lowest BCUT2D eigenvalue weighted by Gasteiger charge is -1.83. The van der Waals surface area contributed by atoms with Crippen molar-refractivity contribution >= 4 is 38.5 Å². The summed E-state index contributed by atoms with van der Waals surface area (Å²) in [7, 11) is 0. The van der Waals surface area contributed by atoms with E-state index in [-0.39, 0.29) is 0 Å². The molecule has 0 aliphatic carbocycles. The smallest absolute Gasteiger partial charge is 0.00760 e. The van der Waals surface area contributed by atoms with E-state index in [2.05, 4.69) is 45.1 Å². The minimum absolute atomic E-state index is 1.04. The van der Waals surface area contributed by atoms with Crippen LogP contribution in [-0.2, 0) is 0 Å². The van der Waals surface area contributed by atoms with Crippen LogP contribution in [0.15, 0.2) is 10.2 Å². The van der Waals surface area contributed by atoms with Gasteiger partial charge in [0.05, 0.1) is 0 Å². The van der Waals surface area contributed by atoms with Crippen molar-refractivity contribution in [1.82, 2.24) is 0 Å². The quantitative estimate of drug-likeness (QED) is 0.529. The molecule has 0 spiro atoms. The van der Waals surface area contributed by atoms with Gasteiger partial charge >= 0.3 is 0 Å². The van der Waals surface area contributed by atoms with Crippen LogP contribution in [0.4, 0.5) is 0 Å². The van der Waals surface area contributed by atoms with Gasteiger partial charge in [-0.25, -0.2) is 0 Å². The van der Waals surface area contributed by atoms with Crippen LogP contribution in [0.5, 0.6) is 0 Å². The summed E-state index contributed by atoms with van der Waals surface area (Å²) >= 11 is 5.50. The lowest BCUT2D eigenvalue weighted by molar-refractivity contribution is 1.26. The fourth-order valence-electron chi connectivity index (χ4n) is 0.103. The Bertz CT molecular complexity index is 51.5. The molecule has 0 aromatic rings. The van der Waals surface area contributed by atoms with Crippen LogP contribution in [0.25, 0.3) is 0 Å². The third kappa shape index (κ3) is 4.95. The summed E-state index contributed by atoms with van der Waals surface area (Å²) < 4.78 is 1.21. The molecule has 0 bridgehead atoms. The zero-order valence-corrected chi connectivity index (χ0v) is 7.12. The van der Waals surface area contributed by atoms with Crippen LogP contribution in [0.2, 0.25) is 0 Å². The molecule has 0 radical (unpaired) electrons. The molecule has 0 aliphatic heterocycles. The zero-order valence-electron chi connectivity index (χ0n) is 3.38. The van der Waals surface area contributed by atoms with E-state index in [9.17, 15) is 0 Å². The molecule has 0 unspecified atom stereocenters. The second-order valence-electron chi connectivity index (χ2n) is 0.956. The number of hydrogen-bond donors (Lipinski definition) is 0.